The van der Waals surface area contributed by atoms with Crippen molar-refractivity contribution < 1.29 is 9.53 Å². The number of halogens is 2. The number of methoxy groups -OCH3 is 1. The molecule has 1 aromatic carbocycles. The van der Waals surface area contributed by atoms with Crippen molar-refractivity contribution in [1.29, 1.82) is 0 Å². The van der Waals surface area contributed by atoms with E-state index < -0.39 is 0 Å². The van der Waals surface area contributed by atoms with Gasteiger partial charge in [-0.25, -0.2) is 0 Å². The van der Waals surface area contributed by atoms with Crippen LogP contribution < -0.4 is 4.74 Å². The Hall–Kier alpha value is -1.14. The molecule has 0 aliphatic carbocycles. The summed E-state index contributed by atoms with van der Waals surface area (Å²) in [5.41, 5.74) is 1.07. The molecule has 0 spiro atoms. The maximum atomic E-state index is 12.7. The van der Waals surface area contributed by atoms with Gasteiger partial charge in [-0.1, -0.05) is 38.8 Å². The van der Waals surface area contributed by atoms with E-state index >= 15 is 0 Å². The van der Waals surface area contributed by atoms with E-state index in [4.69, 9.17) is 4.74 Å². The number of rotatable bonds is 5. The molecular weight excluding hydrogens is 388 g/mol. The lowest BCUT2D eigenvalue weighted by Gasteiger charge is -2.08. The van der Waals surface area contributed by atoms with Crippen LogP contribution in [0.5, 0.6) is 5.75 Å². The third kappa shape index (κ3) is 3.12. The van der Waals surface area contributed by atoms with Crippen LogP contribution in [-0.4, -0.2) is 22.7 Å². The third-order valence-corrected chi connectivity index (χ3v) is 3.72. The maximum Gasteiger partial charge on any atom is 0.214 e. The lowest BCUT2D eigenvalue weighted by molar-refractivity contribution is 0.102. The summed E-state index contributed by atoms with van der Waals surface area (Å²) in [6.07, 6.45) is 2.48. The molecule has 0 atom stereocenters. The van der Waals surface area contributed by atoms with E-state index in [1.165, 1.54) is 0 Å². The van der Waals surface area contributed by atoms with Crippen LogP contribution in [0.3, 0.4) is 0 Å². The van der Waals surface area contributed by atoms with Crippen LogP contribution in [0.15, 0.2) is 33.3 Å². The number of carbonyl (C=O) groups is 1. The number of hydrogen-bond acceptors (Lipinski definition) is 3. The van der Waals surface area contributed by atoms with Gasteiger partial charge in [0.1, 0.15) is 0 Å². The van der Waals surface area contributed by atoms with E-state index in [9.17, 15) is 4.79 Å². The molecule has 2 aromatic rings. The molecule has 1 aromatic heterocycles. The maximum absolute atomic E-state index is 12.7. The van der Waals surface area contributed by atoms with Gasteiger partial charge >= 0.3 is 0 Å². The van der Waals surface area contributed by atoms with Gasteiger partial charge in [-0.3, -0.25) is 9.48 Å². The van der Waals surface area contributed by atoms with Gasteiger partial charge in [0.15, 0.2) is 11.4 Å². The van der Waals surface area contributed by atoms with Gasteiger partial charge in [0.2, 0.25) is 5.78 Å². The molecule has 106 valence electrons. The van der Waals surface area contributed by atoms with Gasteiger partial charge in [-0.05, 0) is 24.6 Å². The first-order chi connectivity index (χ1) is 9.56. The van der Waals surface area contributed by atoms with Crippen molar-refractivity contribution in [3.05, 3.63) is 44.6 Å². The molecule has 0 N–H and O–H groups in total. The summed E-state index contributed by atoms with van der Waals surface area (Å²) in [7, 11) is 1.54. The molecule has 1 heterocycles. The molecule has 0 saturated carbocycles. The monoisotopic (exact) mass is 400 g/mol. The first kappa shape index (κ1) is 15.3. The molecule has 6 heteroatoms. The molecule has 0 amide bonds. The predicted octanol–water partition coefficient (Wildman–Crippen LogP) is 4.06. The van der Waals surface area contributed by atoms with Gasteiger partial charge in [0, 0.05) is 21.1 Å². The van der Waals surface area contributed by atoms with Crippen LogP contribution in [0, 0.1) is 0 Å². The van der Waals surface area contributed by atoms with Gasteiger partial charge in [0.05, 0.1) is 13.3 Å². The van der Waals surface area contributed by atoms with E-state index in [1.54, 1.807) is 30.1 Å². The van der Waals surface area contributed by atoms with Crippen LogP contribution in [0.25, 0.3) is 0 Å². The molecule has 0 radical (unpaired) electrons. The zero-order valence-electron chi connectivity index (χ0n) is 11.2. The minimum atomic E-state index is -0.102. The normalized spacial score (nSPS) is 10.6. The number of aryl methyl sites for hydroxylation is 1. The zero-order valence-corrected chi connectivity index (χ0v) is 14.4. The van der Waals surface area contributed by atoms with Crippen molar-refractivity contribution in [2.45, 2.75) is 19.9 Å². The largest absolute Gasteiger partial charge is 0.493 e. The van der Waals surface area contributed by atoms with Crippen molar-refractivity contribution in [1.82, 2.24) is 9.78 Å². The fourth-order valence-corrected chi connectivity index (χ4v) is 3.24. The van der Waals surface area contributed by atoms with Crippen molar-refractivity contribution >= 4 is 37.6 Å². The summed E-state index contributed by atoms with van der Waals surface area (Å²) in [6, 6.07) is 5.46. The summed E-state index contributed by atoms with van der Waals surface area (Å²) >= 11 is 6.79. The third-order valence-electron chi connectivity index (χ3n) is 2.80. The van der Waals surface area contributed by atoms with Crippen molar-refractivity contribution in [3.63, 3.8) is 0 Å². The van der Waals surface area contributed by atoms with Gasteiger partial charge < -0.3 is 4.74 Å². The first-order valence-corrected chi connectivity index (χ1v) is 7.76. The van der Waals surface area contributed by atoms with Crippen molar-refractivity contribution in [2.75, 3.05) is 7.11 Å². The Kier molecular flexibility index (Phi) is 4.99. The summed E-state index contributed by atoms with van der Waals surface area (Å²) in [5.74, 6) is 0.398. The van der Waals surface area contributed by atoms with E-state index in [1.807, 2.05) is 13.0 Å². The second-order valence-corrected chi connectivity index (χ2v) is 6.10. The van der Waals surface area contributed by atoms with Crippen molar-refractivity contribution in [2.24, 2.45) is 0 Å². The molecule has 2 rings (SSSR count). The van der Waals surface area contributed by atoms with Crippen LogP contribution in [0.1, 0.15) is 29.4 Å². The molecular formula is C14H14Br2N2O2. The van der Waals surface area contributed by atoms with Crippen LogP contribution >= 0.6 is 31.9 Å². The average molecular weight is 402 g/mol. The lowest BCUT2D eigenvalue weighted by atomic mass is 10.1. The Morgan fingerprint density at radius 3 is 2.50 bits per heavy atom. The highest BCUT2D eigenvalue weighted by atomic mass is 79.9. The van der Waals surface area contributed by atoms with Crippen LogP contribution in [0.2, 0.25) is 0 Å². The lowest BCUT2D eigenvalue weighted by Crippen LogP contribution is -2.12. The Morgan fingerprint density at radius 2 is 1.95 bits per heavy atom. The molecule has 0 bridgehead atoms. The molecule has 0 saturated heterocycles. The predicted molar refractivity (Wildman–Crippen MR) is 84.3 cm³/mol. The van der Waals surface area contributed by atoms with E-state index in [-0.39, 0.29) is 5.78 Å². The van der Waals surface area contributed by atoms with Crippen molar-refractivity contribution in [3.8, 4) is 5.75 Å². The second kappa shape index (κ2) is 6.54. The Bertz CT molecular complexity index is 618. The van der Waals surface area contributed by atoms with Gasteiger partial charge in [-0.15, -0.1) is 0 Å². The smallest absolute Gasteiger partial charge is 0.214 e. The Balaban J connectivity index is 2.49. The van der Waals surface area contributed by atoms with Crippen LogP contribution in [0.4, 0.5) is 0 Å². The first-order valence-electron chi connectivity index (χ1n) is 6.17. The molecule has 4 nitrogen and oxygen atoms in total. The van der Waals surface area contributed by atoms with E-state index in [0.717, 1.165) is 15.4 Å². The molecule has 0 aliphatic heterocycles. The minimum absolute atomic E-state index is 0.102. The summed E-state index contributed by atoms with van der Waals surface area (Å²) < 4.78 is 8.62. The standard InChI is InChI=1S/C14H14Br2N2O2/c1-3-4-18-13(12(20-2)8-17-18)14(19)9-5-10(15)7-11(16)6-9/h5-8H,3-4H2,1-2H3. The molecule has 0 fully saturated rings. The zero-order chi connectivity index (χ0) is 14.7. The Labute approximate surface area is 134 Å². The topological polar surface area (TPSA) is 44.1 Å². The number of ether oxygens (including phenoxy) is 1. The minimum Gasteiger partial charge on any atom is -0.493 e. The van der Waals surface area contributed by atoms with Gasteiger partial charge in [-0.2, -0.15) is 5.10 Å². The van der Waals surface area contributed by atoms with Gasteiger partial charge in [0.25, 0.3) is 0 Å². The SMILES string of the molecule is CCCn1ncc(OC)c1C(=O)c1cc(Br)cc(Br)c1. The fraction of sp³-hybridized carbons (Fsp3) is 0.286. The highest BCUT2D eigenvalue weighted by Gasteiger charge is 2.21. The fourth-order valence-electron chi connectivity index (χ4n) is 1.95. The molecule has 0 aliphatic rings. The number of ketones is 1. The number of carbonyl (C=O) groups excluding carboxylic acids is 1. The highest BCUT2D eigenvalue weighted by molar-refractivity contribution is 9.11. The number of nitrogens with zero attached hydrogens (tertiary/aromatic N) is 2. The Morgan fingerprint density at radius 1 is 1.30 bits per heavy atom. The number of benzene rings is 1. The van der Waals surface area contributed by atoms with Crippen LogP contribution in [-0.2, 0) is 6.54 Å². The second-order valence-electron chi connectivity index (χ2n) is 4.27. The quantitative estimate of drug-likeness (QED) is 0.709. The highest BCUT2D eigenvalue weighted by Crippen LogP contribution is 2.26. The summed E-state index contributed by atoms with van der Waals surface area (Å²) in [5, 5.41) is 4.22. The number of hydrogen-bond donors (Lipinski definition) is 0. The average Bonchev–Trinajstić information content (AvgIpc) is 2.80. The molecule has 20 heavy (non-hydrogen) atoms. The number of aromatic nitrogens is 2. The summed E-state index contributed by atoms with van der Waals surface area (Å²) in [6.45, 7) is 2.72. The van der Waals surface area contributed by atoms with E-state index in [0.29, 0.717) is 23.6 Å². The van der Waals surface area contributed by atoms with E-state index in [2.05, 4.69) is 37.0 Å². The molecule has 0 unspecified atom stereocenters. The summed E-state index contributed by atoms with van der Waals surface area (Å²) in [4.78, 5) is 12.7.